The van der Waals surface area contributed by atoms with Crippen molar-refractivity contribution in [2.24, 2.45) is 5.16 Å². The fourth-order valence-corrected chi connectivity index (χ4v) is 2.20. The lowest BCUT2D eigenvalue weighted by atomic mass is 10.1. The lowest BCUT2D eigenvalue weighted by molar-refractivity contribution is 0.0751. The maximum atomic E-state index is 12.5. The van der Waals surface area contributed by atoms with E-state index in [2.05, 4.69) is 15.4 Å². The van der Waals surface area contributed by atoms with Gasteiger partial charge in [-0.2, -0.15) is 10.2 Å². The van der Waals surface area contributed by atoms with Crippen LogP contribution in [0, 0.1) is 6.92 Å². The van der Waals surface area contributed by atoms with Gasteiger partial charge in [0, 0.05) is 25.9 Å². The van der Waals surface area contributed by atoms with Crippen molar-refractivity contribution in [1.82, 2.24) is 15.1 Å². The van der Waals surface area contributed by atoms with E-state index in [4.69, 9.17) is 5.21 Å². The Bertz CT molecular complexity index is 503. The molecule has 0 atom stereocenters. The number of aryl methyl sites for hydroxylation is 2. The first-order valence-electron chi connectivity index (χ1n) is 6.48. The molecule has 19 heavy (non-hydrogen) atoms. The average Bonchev–Trinajstić information content (AvgIpc) is 2.46. The number of aromatic nitrogens is 2. The maximum Gasteiger partial charge on any atom is 0.255 e. The van der Waals surface area contributed by atoms with Crippen LogP contribution < -0.4 is 0 Å². The molecule has 1 aliphatic rings. The summed E-state index contributed by atoms with van der Waals surface area (Å²) in [4.78, 5) is 14.3. The van der Waals surface area contributed by atoms with Crippen LogP contribution in [-0.4, -0.2) is 45.0 Å². The van der Waals surface area contributed by atoms with Crippen molar-refractivity contribution < 1.29 is 10.0 Å². The van der Waals surface area contributed by atoms with Gasteiger partial charge >= 0.3 is 0 Å². The zero-order valence-electron chi connectivity index (χ0n) is 11.3. The van der Waals surface area contributed by atoms with Crippen molar-refractivity contribution in [1.29, 1.82) is 0 Å². The van der Waals surface area contributed by atoms with E-state index in [1.54, 1.807) is 11.0 Å². The summed E-state index contributed by atoms with van der Waals surface area (Å²) in [5.41, 5.74) is 2.87. The Balaban J connectivity index is 2.18. The minimum absolute atomic E-state index is 0.00756. The quantitative estimate of drug-likeness (QED) is 0.645. The third-order valence-corrected chi connectivity index (χ3v) is 3.33. The van der Waals surface area contributed by atoms with Gasteiger partial charge in [-0.25, -0.2) is 0 Å². The fourth-order valence-electron chi connectivity index (χ4n) is 2.20. The number of oxime groups is 1. The second-order valence-corrected chi connectivity index (χ2v) is 4.66. The predicted octanol–water partition coefficient (Wildman–Crippen LogP) is 1.41. The largest absolute Gasteiger partial charge is 0.411 e. The number of carbonyl (C=O) groups excluding carboxylic acids is 1. The molecule has 0 aliphatic carbocycles. The molecule has 0 spiro atoms. The SMILES string of the molecule is CCc1nnc(C)cc1C(=O)N1CCC(=NO)CC1. The molecule has 1 saturated heterocycles. The van der Waals surface area contributed by atoms with Crippen LogP contribution in [-0.2, 0) is 6.42 Å². The molecule has 1 aromatic rings. The first-order chi connectivity index (χ1) is 9.15. The summed E-state index contributed by atoms with van der Waals surface area (Å²) >= 11 is 0. The Kier molecular flexibility index (Phi) is 4.09. The van der Waals surface area contributed by atoms with Crippen molar-refractivity contribution in [2.45, 2.75) is 33.1 Å². The molecule has 1 aliphatic heterocycles. The minimum Gasteiger partial charge on any atom is -0.411 e. The number of nitrogens with zero attached hydrogens (tertiary/aromatic N) is 4. The summed E-state index contributed by atoms with van der Waals surface area (Å²) in [5.74, 6) is -0.00756. The van der Waals surface area contributed by atoms with E-state index in [0.29, 0.717) is 37.9 Å². The van der Waals surface area contributed by atoms with Crippen LogP contribution in [0.25, 0.3) is 0 Å². The molecule has 0 aromatic carbocycles. The number of hydrogen-bond acceptors (Lipinski definition) is 5. The normalized spacial score (nSPS) is 15.5. The fraction of sp³-hybridized carbons (Fsp3) is 0.538. The third-order valence-electron chi connectivity index (χ3n) is 3.33. The molecule has 2 rings (SSSR count). The highest BCUT2D eigenvalue weighted by Gasteiger charge is 2.23. The van der Waals surface area contributed by atoms with Crippen LogP contribution in [0.4, 0.5) is 0 Å². The molecule has 1 amide bonds. The van der Waals surface area contributed by atoms with Gasteiger partial charge in [0.15, 0.2) is 0 Å². The first-order valence-corrected chi connectivity index (χ1v) is 6.48. The highest BCUT2D eigenvalue weighted by Crippen LogP contribution is 2.15. The van der Waals surface area contributed by atoms with Gasteiger partial charge in [0.05, 0.1) is 22.7 Å². The summed E-state index contributed by atoms with van der Waals surface area (Å²) in [7, 11) is 0. The van der Waals surface area contributed by atoms with E-state index < -0.39 is 0 Å². The van der Waals surface area contributed by atoms with E-state index in [1.807, 2.05) is 13.8 Å². The summed E-state index contributed by atoms with van der Waals surface area (Å²) in [6.07, 6.45) is 1.94. The topological polar surface area (TPSA) is 78.7 Å². The van der Waals surface area contributed by atoms with Crippen molar-refractivity contribution in [3.8, 4) is 0 Å². The van der Waals surface area contributed by atoms with Crippen LogP contribution in [0.1, 0.15) is 41.5 Å². The molecule has 1 aromatic heterocycles. The zero-order valence-corrected chi connectivity index (χ0v) is 11.3. The first kappa shape index (κ1) is 13.5. The van der Waals surface area contributed by atoms with Crippen molar-refractivity contribution in [3.05, 3.63) is 23.0 Å². The number of carbonyl (C=O) groups is 1. The Hall–Kier alpha value is -1.98. The highest BCUT2D eigenvalue weighted by molar-refractivity contribution is 5.96. The smallest absolute Gasteiger partial charge is 0.255 e. The molecule has 102 valence electrons. The Morgan fingerprint density at radius 3 is 2.68 bits per heavy atom. The number of rotatable bonds is 2. The summed E-state index contributed by atoms with van der Waals surface area (Å²) in [6, 6.07) is 1.80. The molecule has 0 bridgehead atoms. The molecular formula is C13H18N4O2. The summed E-state index contributed by atoms with van der Waals surface area (Å²) in [6.45, 7) is 4.96. The highest BCUT2D eigenvalue weighted by atomic mass is 16.4. The van der Waals surface area contributed by atoms with Crippen LogP contribution in [0.15, 0.2) is 11.2 Å². The predicted molar refractivity (Wildman–Crippen MR) is 70.5 cm³/mol. The van der Waals surface area contributed by atoms with Crippen LogP contribution in [0.2, 0.25) is 0 Å². The minimum atomic E-state index is -0.00756. The molecule has 0 radical (unpaired) electrons. The van der Waals surface area contributed by atoms with Gasteiger partial charge in [-0.15, -0.1) is 0 Å². The number of likely N-dealkylation sites (tertiary alicyclic amines) is 1. The molecule has 6 heteroatoms. The number of piperidine rings is 1. The van der Waals surface area contributed by atoms with Crippen LogP contribution in [0.5, 0.6) is 0 Å². The van der Waals surface area contributed by atoms with Gasteiger partial charge in [0.2, 0.25) is 0 Å². The molecule has 6 nitrogen and oxygen atoms in total. The van der Waals surface area contributed by atoms with Gasteiger partial charge in [0.1, 0.15) is 0 Å². The van der Waals surface area contributed by atoms with Crippen LogP contribution >= 0.6 is 0 Å². The summed E-state index contributed by atoms with van der Waals surface area (Å²) < 4.78 is 0. The van der Waals surface area contributed by atoms with E-state index in [9.17, 15) is 4.79 Å². The van der Waals surface area contributed by atoms with E-state index in [-0.39, 0.29) is 5.91 Å². The number of hydrogen-bond donors (Lipinski definition) is 1. The molecular weight excluding hydrogens is 244 g/mol. The van der Waals surface area contributed by atoms with Crippen molar-refractivity contribution in [3.63, 3.8) is 0 Å². The third kappa shape index (κ3) is 2.89. The molecule has 0 unspecified atom stereocenters. The van der Waals surface area contributed by atoms with Crippen LogP contribution in [0.3, 0.4) is 0 Å². The molecule has 0 saturated carbocycles. The maximum absolute atomic E-state index is 12.5. The molecule has 2 heterocycles. The van der Waals surface area contributed by atoms with Crippen molar-refractivity contribution >= 4 is 11.6 Å². The zero-order chi connectivity index (χ0) is 13.8. The van der Waals surface area contributed by atoms with Gasteiger partial charge in [-0.05, 0) is 19.4 Å². The van der Waals surface area contributed by atoms with E-state index >= 15 is 0 Å². The number of amides is 1. The Morgan fingerprint density at radius 1 is 1.42 bits per heavy atom. The second kappa shape index (κ2) is 5.77. The van der Waals surface area contributed by atoms with E-state index in [0.717, 1.165) is 17.1 Å². The molecule has 1 fully saturated rings. The standard InChI is InChI=1S/C13H18N4O2/c1-3-12-11(8-9(2)14-15-12)13(18)17-6-4-10(16-19)5-7-17/h8,19H,3-7H2,1-2H3. The van der Waals surface area contributed by atoms with Crippen molar-refractivity contribution in [2.75, 3.05) is 13.1 Å². The second-order valence-electron chi connectivity index (χ2n) is 4.66. The van der Waals surface area contributed by atoms with E-state index in [1.165, 1.54) is 0 Å². The lowest BCUT2D eigenvalue weighted by Crippen LogP contribution is -2.39. The average molecular weight is 262 g/mol. The molecule has 1 N–H and O–H groups in total. The monoisotopic (exact) mass is 262 g/mol. The van der Waals surface area contributed by atoms with Gasteiger partial charge in [-0.1, -0.05) is 12.1 Å². The van der Waals surface area contributed by atoms with Gasteiger partial charge < -0.3 is 10.1 Å². The lowest BCUT2D eigenvalue weighted by Gasteiger charge is -2.27. The Morgan fingerprint density at radius 2 is 2.11 bits per heavy atom. The summed E-state index contributed by atoms with van der Waals surface area (Å²) in [5, 5.41) is 20.0. The van der Waals surface area contributed by atoms with Gasteiger partial charge in [0.25, 0.3) is 5.91 Å². The van der Waals surface area contributed by atoms with Gasteiger partial charge in [-0.3, -0.25) is 4.79 Å². The Labute approximate surface area is 112 Å².